The molecule has 0 aromatic carbocycles. The molecule has 5 heteroatoms. The van der Waals surface area contributed by atoms with Crippen molar-refractivity contribution in [2.45, 2.75) is 13.5 Å². The third-order valence-corrected chi connectivity index (χ3v) is 2.02. The molecule has 0 aliphatic rings. The lowest BCUT2D eigenvalue weighted by Gasteiger charge is -1.96. The Morgan fingerprint density at radius 3 is 3.07 bits per heavy atom. The van der Waals surface area contributed by atoms with Crippen LogP contribution in [0.3, 0.4) is 0 Å². The molecule has 1 N–H and O–H groups in total. The summed E-state index contributed by atoms with van der Waals surface area (Å²) in [7, 11) is 1.84. The minimum Gasteiger partial charge on any atom is -0.332 e. The Balaban J connectivity index is 2.33. The second-order valence-corrected chi connectivity index (χ2v) is 3.21. The van der Waals surface area contributed by atoms with Crippen LogP contribution >= 0.6 is 0 Å². The molecule has 0 saturated heterocycles. The van der Waals surface area contributed by atoms with Crippen LogP contribution in [0.4, 0.5) is 0 Å². The molecule has 0 atom stereocenters. The van der Waals surface area contributed by atoms with E-state index < -0.39 is 0 Å². The number of nitrogens with one attached hydrogen (secondary N) is 1. The number of aryl methyl sites for hydroxylation is 1. The zero-order valence-corrected chi connectivity index (χ0v) is 8.69. The molecule has 0 fully saturated rings. The van der Waals surface area contributed by atoms with Crippen molar-refractivity contribution in [2.75, 3.05) is 7.05 Å². The van der Waals surface area contributed by atoms with Crippen molar-refractivity contribution in [1.82, 2.24) is 20.4 Å². The number of pyridine rings is 1. The molecule has 2 aromatic rings. The van der Waals surface area contributed by atoms with E-state index in [1.165, 1.54) is 0 Å². The average molecular weight is 204 g/mol. The smallest absolute Gasteiger partial charge is 0.276 e. The van der Waals surface area contributed by atoms with Gasteiger partial charge in [0.2, 0.25) is 0 Å². The maximum absolute atomic E-state index is 5.12. The zero-order valence-electron chi connectivity index (χ0n) is 8.69. The van der Waals surface area contributed by atoms with E-state index in [4.69, 9.17) is 4.52 Å². The van der Waals surface area contributed by atoms with Crippen LogP contribution in [0.25, 0.3) is 11.6 Å². The van der Waals surface area contributed by atoms with Gasteiger partial charge in [0, 0.05) is 6.20 Å². The van der Waals surface area contributed by atoms with E-state index in [0.29, 0.717) is 18.3 Å². The van der Waals surface area contributed by atoms with Crippen LogP contribution in [-0.4, -0.2) is 22.2 Å². The normalized spacial score (nSPS) is 10.5. The summed E-state index contributed by atoms with van der Waals surface area (Å²) in [5, 5.41) is 6.79. The Bertz CT molecular complexity index is 452. The van der Waals surface area contributed by atoms with Crippen molar-refractivity contribution >= 4 is 0 Å². The minimum absolute atomic E-state index is 0.471. The Morgan fingerprint density at radius 1 is 1.47 bits per heavy atom. The molecule has 0 radical (unpaired) electrons. The molecule has 5 nitrogen and oxygen atoms in total. The fourth-order valence-electron chi connectivity index (χ4n) is 1.29. The van der Waals surface area contributed by atoms with Gasteiger partial charge in [0.05, 0.1) is 6.54 Å². The molecule has 0 saturated carbocycles. The summed E-state index contributed by atoms with van der Waals surface area (Å²) in [5.74, 6) is 1.11. The summed E-state index contributed by atoms with van der Waals surface area (Å²) in [5.41, 5.74) is 1.77. The highest BCUT2D eigenvalue weighted by Crippen LogP contribution is 2.17. The van der Waals surface area contributed by atoms with E-state index >= 15 is 0 Å². The van der Waals surface area contributed by atoms with Gasteiger partial charge in [-0.2, -0.15) is 4.98 Å². The Kier molecular flexibility index (Phi) is 2.73. The number of hydrogen-bond donors (Lipinski definition) is 1. The predicted octanol–water partition coefficient (Wildman–Crippen LogP) is 1.16. The lowest BCUT2D eigenvalue weighted by atomic mass is 10.2. The molecular formula is C10H12N4O. The van der Waals surface area contributed by atoms with Gasteiger partial charge in [-0.1, -0.05) is 11.2 Å². The number of nitrogens with zero attached hydrogens (tertiary/aromatic N) is 3. The summed E-state index contributed by atoms with van der Waals surface area (Å²) < 4.78 is 5.12. The van der Waals surface area contributed by atoms with E-state index in [1.807, 2.05) is 26.1 Å². The van der Waals surface area contributed by atoms with Gasteiger partial charge >= 0.3 is 0 Å². The number of hydrogen-bond acceptors (Lipinski definition) is 5. The van der Waals surface area contributed by atoms with Crippen molar-refractivity contribution in [3.63, 3.8) is 0 Å². The number of aromatic nitrogens is 3. The lowest BCUT2D eigenvalue weighted by molar-refractivity contribution is 0.419. The SMILES string of the molecule is CNCc1noc(-c2ncccc2C)n1. The van der Waals surface area contributed by atoms with Gasteiger partial charge in [0.15, 0.2) is 5.82 Å². The molecule has 2 heterocycles. The monoisotopic (exact) mass is 204 g/mol. The highest BCUT2D eigenvalue weighted by Gasteiger charge is 2.11. The molecule has 2 rings (SSSR count). The van der Waals surface area contributed by atoms with Crippen molar-refractivity contribution in [3.05, 3.63) is 29.7 Å². The molecular weight excluding hydrogens is 192 g/mol. The fraction of sp³-hybridized carbons (Fsp3) is 0.300. The van der Waals surface area contributed by atoms with Gasteiger partial charge in [0.25, 0.3) is 5.89 Å². The first-order chi connectivity index (χ1) is 7.31. The molecule has 15 heavy (non-hydrogen) atoms. The first-order valence-corrected chi connectivity index (χ1v) is 4.70. The van der Waals surface area contributed by atoms with Gasteiger partial charge in [-0.15, -0.1) is 0 Å². The molecule has 0 aliphatic carbocycles. The van der Waals surface area contributed by atoms with Crippen LogP contribution in [0.15, 0.2) is 22.9 Å². The van der Waals surface area contributed by atoms with Crippen LogP contribution in [0.1, 0.15) is 11.4 Å². The first-order valence-electron chi connectivity index (χ1n) is 4.70. The lowest BCUT2D eigenvalue weighted by Crippen LogP contribution is -2.06. The first kappa shape index (κ1) is 9.79. The largest absolute Gasteiger partial charge is 0.332 e. The van der Waals surface area contributed by atoms with E-state index in [2.05, 4.69) is 20.4 Å². The van der Waals surface area contributed by atoms with E-state index in [1.54, 1.807) is 6.20 Å². The molecule has 0 bridgehead atoms. The second-order valence-electron chi connectivity index (χ2n) is 3.21. The van der Waals surface area contributed by atoms with Gasteiger partial charge in [-0.05, 0) is 25.6 Å². The Morgan fingerprint density at radius 2 is 2.33 bits per heavy atom. The van der Waals surface area contributed by atoms with Gasteiger partial charge in [0.1, 0.15) is 5.69 Å². The average Bonchev–Trinajstić information content (AvgIpc) is 2.68. The maximum Gasteiger partial charge on any atom is 0.276 e. The van der Waals surface area contributed by atoms with Gasteiger partial charge in [-0.3, -0.25) is 4.98 Å². The fourth-order valence-corrected chi connectivity index (χ4v) is 1.29. The standard InChI is InChI=1S/C10H12N4O/c1-7-4-3-5-12-9(7)10-13-8(6-11-2)14-15-10/h3-5,11H,6H2,1-2H3. The number of rotatable bonds is 3. The van der Waals surface area contributed by atoms with Gasteiger partial charge in [-0.25, -0.2) is 0 Å². The summed E-state index contributed by atoms with van der Waals surface area (Å²) in [6.45, 7) is 2.56. The topological polar surface area (TPSA) is 63.8 Å². The van der Waals surface area contributed by atoms with Crippen molar-refractivity contribution < 1.29 is 4.52 Å². The summed E-state index contributed by atoms with van der Waals surface area (Å²) in [6.07, 6.45) is 1.71. The van der Waals surface area contributed by atoms with E-state index in [-0.39, 0.29) is 0 Å². The zero-order chi connectivity index (χ0) is 10.7. The van der Waals surface area contributed by atoms with Crippen LogP contribution in [0, 0.1) is 6.92 Å². The Labute approximate surface area is 87.5 Å². The predicted molar refractivity (Wildman–Crippen MR) is 55.0 cm³/mol. The summed E-state index contributed by atoms with van der Waals surface area (Å²) >= 11 is 0. The molecule has 2 aromatic heterocycles. The van der Waals surface area contributed by atoms with E-state index in [0.717, 1.165) is 11.3 Å². The molecule has 0 spiro atoms. The van der Waals surface area contributed by atoms with Crippen LogP contribution in [0.2, 0.25) is 0 Å². The van der Waals surface area contributed by atoms with Crippen LogP contribution < -0.4 is 5.32 Å². The third kappa shape index (κ3) is 2.02. The van der Waals surface area contributed by atoms with E-state index in [9.17, 15) is 0 Å². The van der Waals surface area contributed by atoms with Crippen LogP contribution in [-0.2, 0) is 6.54 Å². The van der Waals surface area contributed by atoms with Crippen molar-refractivity contribution in [2.24, 2.45) is 0 Å². The Hall–Kier alpha value is -1.75. The second kappa shape index (κ2) is 4.18. The summed E-state index contributed by atoms with van der Waals surface area (Å²) in [4.78, 5) is 8.43. The molecule has 0 aliphatic heterocycles. The quantitative estimate of drug-likeness (QED) is 0.812. The summed E-state index contributed by atoms with van der Waals surface area (Å²) in [6, 6.07) is 3.84. The molecule has 78 valence electrons. The third-order valence-electron chi connectivity index (χ3n) is 2.02. The highest BCUT2D eigenvalue weighted by molar-refractivity contribution is 5.51. The maximum atomic E-state index is 5.12. The van der Waals surface area contributed by atoms with Crippen LogP contribution in [0.5, 0.6) is 0 Å². The van der Waals surface area contributed by atoms with Gasteiger partial charge < -0.3 is 9.84 Å². The highest BCUT2D eigenvalue weighted by atomic mass is 16.5. The minimum atomic E-state index is 0.471. The molecule has 0 amide bonds. The van der Waals surface area contributed by atoms with Crippen molar-refractivity contribution in [3.8, 4) is 11.6 Å². The van der Waals surface area contributed by atoms with Crippen molar-refractivity contribution in [1.29, 1.82) is 0 Å². The molecule has 0 unspecified atom stereocenters.